The number of halogens is 1. The SMILES string of the molecule is CCC(C)[C@H](NC[C@@H](C)Oc1cc(F)ccc1CCCNC)C(C)=O. The highest BCUT2D eigenvalue weighted by molar-refractivity contribution is 5.81. The van der Waals surface area contributed by atoms with Crippen LogP contribution in [-0.2, 0) is 11.2 Å². The average Bonchev–Trinajstić information content (AvgIpc) is 2.56. The van der Waals surface area contributed by atoms with Gasteiger partial charge in [0.25, 0.3) is 0 Å². The standard InChI is InChI=1S/C20H33FN2O2/c1-6-14(2)20(16(4)24)23-13-15(3)25-19-12-18(21)10-9-17(19)8-7-11-22-5/h9-10,12,14-15,20,22-23H,6-8,11,13H2,1-5H3/t14?,15-,20+/m1/s1. The van der Waals surface area contributed by atoms with Crippen LogP contribution in [-0.4, -0.2) is 38.1 Å². The highest BCUT2D eigenvalue weighted by Gasteiger charge is 2.21. The summed E-state index contributed by atoms with van der Waals surface area (Å²) < 4.78 is 19.6. The predicted molar refractivity (Wildman–Crippen MR) is 101 cm³/mol. The van der Waals surface area contributed by atoms with Crippen molar-refractivity contribution in [3.63, 3.8) is 0 Å². The fraction of sp³-hybridized carbons (Fsp3) is 0.650. The molecule has 0 amide bonds. The van der Waals surface area contributed by atoms with Crippen LogP contribution >= 0.6 is 0 Å². The van der Waals surface area contributed by atoms with Crippen molar-refractivity contribution in [1.29, 1.82) is 0 Å². The molecule has 0 radical (unpaired) electrons. The number of carbonyl (C=O) groups is 1. The number of benzene rings is 1. The second-order valence-electron chi connectivity index (χ2n) is 6.77. The molecule has 4 nitrogen and oxygen atoms in total. The first-order valence-corrected chi connectivity index (χ1v) is 9.22. The molecule has 1 rings (SSSR count). The summed E-state index contributed by atoms with van der Waals surface area (Å²) in [7, 11) is 1.92. The second kappa shape index (κ2) is 11.2. The molecule has 0 aliphatic rings. The molecule has 0 aliphatic heterocycles. The van der Waals surface area contributed by atoms with Crippen LogP contribution in [0.25, 0.3) is 0 Å². The van der Waals surface area contributed by atoms with Gasteiger partial charge in [-0.05, 0) is 57.8 Å². The summed E-state index contributed by atoms with van der Waals surface area (Å²) in [6.07, 6.45) is 2.58. The zero-order valence-corrected chi connectivity index (χ0v) is 16.2. The van der Waals surface area contributed by atoms with Gasteiger partial charge in [0.05, 0.1) is 6.04 Å². The molecular formula is C20H33FN2O2. The van der Waals surface area contributed by atoms with Crippen molar-refractivity contribution in [2.24, 2.45) is 5.92 Å². The van der Waals surface area contributed by atoms with Gasteiger partial charge in [0.1, 0.15) is 23.5 Å². The Labute approximate surface area is 151 Å². The quantitative estimate of drug-likeness (QED) is 0.567. The third kappa shape index (κ3) is 7.53. The molecule has 1 aromatic carbocycles. The monoisotopic (exact) mass is 352 g/mol. The van der Waals surface area contributed by atoms with E-state index in [0.29, 0.717) is 12.3 Å². The summed E-state index contributed by atoms with van der Waals surface area (Å²) in [6.45, 7) is 9.14. The normalized spacial score (nSPS) is 14.8. The van der Waals surface area contributed by atoms with E-state index >= 15 is 0 Å². The lowest BCUT2D eigenvalue weighted by molar-refractivity contribution is -0.120. The maximum absolute atomic E-state index is 13.6. The summed E-state index contributed by atoms with van der Waals surface area (Å²) >= 11 is 0. The van der Waals surface area contributed by atoms with Gasteiger partial charge in [-0.3, -0.25) is 4.79 Å². The lowest BCUT2D eigenvalue weighted by atomic mass is 9.96. The number of Topliss-reactive ketones (excluding diaryl/α,β-unsaturated/α-hetero) is 1. The van der Waals surface area contributed by atoms with Gasteiger partial charge in [-0.2, -0.15) is 0 Å². The van der Waals surface area contributed by atoms with Crippen LogP contribution in [0, 0.1) is 11.7 Å². The summed E-state index contributed by atoms with van der Waals surface area (Å²) in [5, 5.41) is 6.41. The molecule has 0 saturated heterocycles. The summed E-state index contributed by atoms with van der Waals surface area (Å²) in [5.74, 6) is 0.707. The topological polar surface area (TPSA) is 50.4 Å². The Bertz CT molecular complexity index is 536. The Morgan fingerprint density at radius 1 is 1.32 bits per heavy atom. The third-order valence-corrected chi connectivity index (χ3v) is 4.51. The van der Waals surface area contributed by atoms with Crippen LogP contribution < -0.4 is 15.4 Å². The summed E-state index contributed by atoms with van der Waals surface area (Å²) in [4.78, 5) is 11.8. The van der Waals surface area contributed by atoms with Crippen molar-refractivity contribution in [3.05, 3.63) is 29.6 Å². The van der Waals surface area contributed by atoms with Crippen molar-refractivity contribution in [1.82, 2.24) is 10.6 Å². The fourth-order valence-electron chi connectivity index (χ4n) is 2.83. The highest BCUT2D eigenvalue weighted by Crippen LogP contribution is 2.22. The van der Waals surface area contributed by atoms with Gasteiger partial charge >= 0.3 is 0 Å². The highest BCUT2D eigenvalue weighted by atomic mass is 19.1. The predicted octanol–water partition coefficient (Wildman–Crippen LogP) is 3.34. The minimum atomic E-state index is -0.297. The van der Waals surface area contributed by atoms with Gasteiger partial charge in [0, 0.05) is 12.6 Å². The van der Waals surface area contributed by atoms with Gasteiger partial charge in [0.15, 0.2) is 0 Å². The van der Waals surface area contributed by atoms with E-state index in [1.807, 2.05) is 14.0 Å². The van der Waals surface area contributed by atoms with E-state index in [2.05, 4.69) is 24.5 Å². The van der Waals surface area contributed by atoms with Crippen molar-refractivity contribution >= 4 is 5.78 Å². The Morgan fingerprint density at radius 2 is 2.04 bits per heavy atom. The number of aryl methyl sites for hydroxylation is 1. The maximum Gasteiger partial charge on any atom is 0.146 e. The molecule has 0 fully saturated rings. The van der Waals surface area contributed by atoms with E-state index in [0.717, 1.165) is 31.4 Å². The van der Waals surface area contributed by atoms with Crippen molar-refractivity contribution in [3.8, 4) is 5.75 Å². The molecule has 1 unspecified atom stereocenters. The smallest absolute Gasteiger partial charge is 0.146 e. The molecule has 0 heterocycles. The van der Waals surface area contributed by atoms with Crippen molar-refractivity contribution in [2.45, 2.75) is 59.1 Å². The third-order valence-electron chi connectivity index (χ3n) is 4.51. The van der Waals surface area contributed by atoms with E-state index in [9.17, 15) is 9.18 Å². The summed E-state index contributed by atoms with van der Waals surface area (Å²) in [6, 6.07) is 4.54. The molecular weight excluding hydrogens is 319 g/mol. The van der Waals surface area contributed by atoms with Gasteiger partial charge in [-0.25, -0.2) is 4.39 Å². The number of rotatable bonds is 12. The molecule has 142 valence electrons. The molecule has 25 heavy (non-hydrogen) atoms. The number of hydrogen-bond acceptors (Lipinski definition) is 4. The van der Waals surface area contributed by atoms with E-state index in [1.54, 1.807) is 13.0 Å². The lowest BCUT2D eigenvalue weighted by Gasteiger charge is -2.24. The molecule has 0 saturated carbocycles. The molecule has 0 bridgehead atoms. The molecule has 3 atom stereocenters. The minimum Gasteiger partial charge on any atom is -0.489 e. The van der Waals surface area contributed by atoms with E-state index in [-0.39, 0.29) is 29.7 Å². The zero-order chi connectivity index (χ0) is 18.8. The number of ether oxygens (including phenoxy) is 1. The van der Waals surface area contributed by atoms with Gasteiger partial charge in [-0.1, -0.05) is 26.3 Å². The first-order valence-electron chi connectivity index (χ1n) is 9.22. The second-order valence-corrected chi connectivity index (χ2v) is 6.77. The van der Waals surface area contributed by atoms with Crippen LogP contribution in [0.2, 0.25) is 0 Å². The van der Waals surface area contributed by atoms with Crippen LogP contribution in [0.1, 0.15) is 46.1 Å². The molecule has 0 aromatic heterocycles. The van der Waals surface area contributed by atoms with Crippen LogP contribution in [0.3, 0.4) is 0 Å². The van der Waals surface area contributed by atoms with Crippen molar-refractivity contribution < 1.29 is 13.9 Å². The molecule has 5 heteroatoms. The Kier molecular flexibility index (Phi) is 9.68. The molecule has 1 aromatic rings. The van der Waals surface area contributed by atoms with E-state index in [1.165, 1.54) is 12.1 Å². The van der Waals surface area contributed by atoms with Gasteiger partial charge in [0.2, 0.25) is 0 Å². The zero-order valence-electron chi connectivity index (χ0n) is 16.2. The maximum atomic E-state index is 13.6. The number of nitrogens with one attached hydrogen (secondary N) is 2. The minimum absolute atomic E-state index is 0.139. The van der Waals surface area contributed by atoms with Crippen molar-refractivity contribution in [2.75, 3.05) is 20.1 Å². The fourth-order valence-corrected chi connectivity index (χ4v) is 2.83. The largest absolute Gasteiger partial charge is 0.489 e. The Hall–Kier alpha value is -1.46. The lowest BCUT2D eigenvalue weighted by Crippen LogP contribution is -2.44. The number of ketones is 1. The Balaban J connectivity index is 2.67. The Morgan fingerprint density at radius 3 is 2.64 bits per heavy atom. The molecule has 0 aliphatic carbocycles. The number of hydrogen-bond donors (Lipinski definition) is 2. The van der Waals surface area contributed by atoms with Crippen LogP contribution in [0.4, 0.5) is 4.39 Å². The molecule has 2 N–H and O–H groups in total. The first kappa shape index (κ1) is 21.6. The van der Waals surface area contributed by atoms with Crippen LogP contribution in [0.15, 0.2) is 18.2 Å². The van der Waals surface area contributed by atoms with E-state index in [4.69, 9.17) is 4.74 Å². The van der Waals surface area contributed by atoms with Gasteiger partial charge < -0.3 is 15.4 Å². The van der Waals surface area contributed by atoms with Gasteiger partial charge in [-0.15, -0.1) is 0 Å². The van der Waals surface area contributed by atoms with Crippen LogP contribution in [0.5, 0.6) is 5.75 Å². The average molecular weight is 352 g/mol. The van der Waals surface area contributed by atoms with E-state index < -0.39 is 0 Å². The number of carbonyl (C=O) groups excluding carboxylic acids is 1. The summed E-state index contributed by atoms with van der Waals surface area (Å²) in [5.41, 5.74) is 1.01. The molecule has 0 spiro atoms. The first-order chi connectivity index (χ1) is 11.9.